The largest absolute Gasteiger partial charge is 0.508 e. The third kappa shape index (κ3) is 5.14. The lowest BCUT2D eigenvalue weighted by Gasteiger charge is -2.16. The minimum atomic E-state index is -0.912. The average molecular weight is 344 g/mol. The Morgan fingerprint density at radius 2 is 1.76 bits per heavy atom. The molecule has 0 radical (unpaired) electrons. The van der Waals surface area contributed by atoms with Gasteiger partial charge in [-0.15, -0.1) is 0 Å². The fourth-order valence-corrected chi connectivity index (χ4v) is 2.50. The van der Waals surface area contributed by atoms with E-state index in [9.17, 15) is 15.0 Å². The Hall–Kier alpha value is -2.69. The van der Waals surface area contributed by atoms with Gasteiger partial charge in [-0.3, -0.25) is 4.79 Å². The molecule has 0 bridgehead atoms. The Labute approximate surface area is 147 Å². The number of aliphatic carboxylic acids is 1. The molecule has 0 spiro atoms. The summed E-state index contributed by atoms with van der Waals surface area (Å²) in [6, 6.07) is 11.7. The van der Waals surface area contributed by atoms with E-state index in [2.05, 4.69) is 13.8 Å². The van der Waals surface area contributed by atoms with Gasteiger partial charge in [-0.05, 0) is 47.7 Å². The molecule has 1 unspecified atom stereocenters. The Morgan fingerprint density at radius 1 is 1.08 bits per heavy atom. The molecular formula is C20H24O5. The number of methoxy groups -OCH3 is 1. The summed E-state index contributed by atoms with van der Waals surface area (Å²) in [6.45, 7) is 4.72. The highest BCUT2D eigenvalue weighted by Gasteiger charge is 2.21. The smallest absolute Gasteiger partial charge is 0.311 e. The highest BCUT2D eigenvalue weighted by atomic mass is 16.5. The zero-order valence-electron chi connectivity index (χ0n) is 14.7. The summed E-state index contributed by atoms with van der Waals surface area (Å²) in [5.41, 5.74) is 1.48. The number of carboxylic acids is 1. The molecular weight excluding hydrogens is 320 g/mol. The number of phenols is 1. The van der Waals surface area contributed by atoms with E-state index < -0.39 is 11.9 Å². The van der Waals surface area contributed by atoms with Gasteiger partial charge >= 0.3 is 5.97 Å². The van der Waals surface area contributed by atoms with Crippen molar-refractivity contribution in [3.8, 4) is 17.2 Å². The second-order valence-electron chi connectivity index (χ2n) is 6.38. The molecule has 2 aromatic rings. The van der Waals surface area contributed by atoms with E-state index in [0.29, 0.717) is 36.0 Å². The maximum absolute atomic E-state index is 11.7. The molecule has 2 N–H and O–H groups in total. The lowest BCUT2D eigenvalue weighted by Crippen LogP contribution is -2.14. The molecule has 2 rings (SSSR count). The number of benzene rings is 2. The predicted octanol–water partition coefficient (Wildman–Crippen LogP) is 3.85. The van der Waals surface area contributed by atoms with Gasteiger partial charge in [0.25, 0.3) is 0 Å². The fraction of sp³-hybridized carbons (Fsp3) is 0.350. The minimum absolute atomic E-state index is 0.112. The quantitative estimate of drug-likeness (QED) is 0.761. The Morgan fingerprint density at radius 3 is 2.32 bits per heavy atom. The van der Waals surface area contributed by atoms with Crippen LogP contribution in [0.4, 0.5) is 0 Å². The summed E-state index contributed by atoms with van der Waals surface area (Å²) < 4.78 is 11.1. The fourth-order valence-electron chi connectivity index (χ4n) is 2.50. The van der Waals surface area contributed by atoms with E-state index in [-0.39, 0.29) is 5.75 Å². The summed E-state index contributed by atoms with van der Waals surface area (Å²) in [5.74, 6) is 0.137. The zero-order valence-corrected chi connectivity index (χ0v) is 14.7. The lowest BCUT2D eigenvalue weighted by molar-refractivity contribution is -0.138. The van der Waals surface area contributed by atoms with Gasteiger partial charge < -0.3 is 19.7 Å². The van der Waals surface area contributed by atoms with Crippen LogP contribution in [0.15, 0.2) is 42.5 Å². The van der Waals surface area contributed by atoms with Crippen molar-refractivity contribution in [3.05, 3.63) is 53.6 Å². The van der Waals surface area contributed by atoms with Crippen molar-refractivity contribution in [2.24, 2.45) is 5.92 Å². The molecule has 0 heterocycles. The highest BCUT2D eigenvalue weighted by molar-refractivity contribution is 5.76. The minimum Gasteiger partial charge on any atom is -0.508 e. The Bertz CT molecular complexity index is 707. The third-order valence-corrected chi connectivity index (χ3v) is 3.83. The van der Waals surface area contributed by atoms with Crippen molar-refractivity contribution in [3.63, 3.8) is 0 Å². The number of phenolic OH excluding ortho intramolecular Hbond substituents is 1. The molecule has 0 aliphatic rings. The molecule has 134 valence electrons. The molecule has 0 aliphatic heterocycles. The number of carbonyl (C=O) groups is 1. The molecule has 2 aromatic carbocycles. The van der Waals surface area contributed by atoms with Crippen molar-refractivity contribution in [1.82, 2.24) is 0 Å². The van der Waals surface area contributed by atoms with E-state index in [4.69, 9.17) is 9.47 Å². The van der Waals surface area contributed by atoms with Gasteiger partial charge in [-0.1, -0.05) is 32.0 Å². The first-order valence-electron chi connectivity index (χ1n) is 8.22. The molecule has 5 heteroatoms. The number of carboxylic acid groups (broad SMARTS) is 1. The van der Waals surface area contributed by atoms with Crippen LogP contribution >= 0.6 is 0 Å². The molecule has 0 saturated heterocycles. The van der Waals surface area contributed by atoms with Crippen LogP contribution in [0, 0.1) is 5.92 Å². The number of hydrogen-bond acceptors (Lipinski definition) is 4. The van der Waals surface area contributed by atoms with E-state index in [1.165, 1.54) is 12.1 Å². The van der Waals surface area contributed by atoms with Gasteiger partial charge in [0.1, 0.15) is 5.75 Å². The van der Waals surface area contributed by atoms with E-state index >= 15 is 0 Å². The maximum Gasteiger partial charge on any atom is 0.311 e. The van der Waals surface area contributed by atoms with Crippen LogP contribution in [0.25, 0.3) is 0 Å². The van der Waals surface area contributed by atoms with Crippen LogP contribution in [0.5, 0.6) is 17.2 Å². The highest BCUT2D eigenvalue weighted by Crippen LogP contribution is 2.31. The van der Waals surface area contributed by atoms with Crippen LogP contribution in [0.1, 0.15) is 30.9 Å². The Balaban J connectivity index is 2.21. The molecule has 0 amide bonds. The first-order valence-corrected chi connectivity index (χ1v) is 8.22. The zero-order chi connectivity index (χ0) is 18.4. The van der Waals surface area contributed by atoms with Crippen molar-refractivity contribution in [2.75, 3.05) is 13.7 Å². The standard InChI is InChI=1S/C20H24O5/c1-13(2)12-25-18-9-4-14(11-19(18)24-3)10-17(20(22)23)15-5-7-16(21)8-6-15/h4-9,11,13,17,21H,10,12H2,1-3H3,(H,22,23). The molecule has 0 fully saturated rings. The Kier molecular flexibility index (Phi) is 6.28. The second kappa shape index (κ2) is 8.42. The van der Waals surface area contributed by atoms with E-state index in [1.54, 1.807) is 19.2 Å². The molecule has 1 atom stereocenters. The van der Waals surface area contributed by atoms with Gasteiger partial charge in [-0.2, -0.15) is 0 Å². The number of aromatic hydroxyl groups is 1. The van der Waals surface area contributed by atoms with E-state index in [1.807, 2.05) is 18.2 Å². The van der Waals surface area contributed by atoms with Crippen LogP contribution in [-0.4, -0.2) is 29.9 Å². The second-order valence-corrected chi connectivity index (χ2v) is 6.38. The van der Waals surface area contributed by atoms with E-state index in [0.717, 1.165) is 5.56 Å². The van der Waals surface area contributed by atoms with Crippen molar-refractivity contribution >= 4 is 5.97 Å². The van der Waals surface area contributed by atoms with Crippen molar-refractivity contribution in [2.45, 2.75) is 26.2 Å². The summed E-state index contributed by atoms with van der Waals surface area (Å²) in [5, 5.41) is 18.9. The van der Waals surface area contributed by atoms with Gasteiger partial charge in [0.2, 0.25) is 0 Å². The first kappa shape index (κ1) is 18.6. The summed E-state index contributed by atoms with van der Waals surface area (Å²) in [7, 11) is 1.57. The van der Waals surface area contributed by atoms with Crippen molar-refractivity contribution < 1.29 is 24.5 Å². The maximum atomic E-state index is 11.7. The number of hydrogen-bond donors (Lipinski definition) is 2. The van der Waals surface area contributed by atoms with Crippen LogP contribution in [-0.2, 0) is 11.2 Å². The van der Waals surface area contributed by atoms with Crippen LogP contribution < -0.4 is 9.47 Å². The monoisotopic (exact) mass is 344 g/mol. The summed E-state index contributed by atoms with van der Waals surface area (Å²) in [4.78, 5) is 11.7. The summed E-state index contributed by atoms with van der Waals surface area (Å²) in [6.07, 6.45) is 0.320. The third-order valence-electron chi connectivity index (χ3n) is 3.83. The summed E-state index contributed by atoms with van der Waals surface area (Å²) >= 11 is 0. The molecule has 0 saturated carbocycles. The number of rotatable bonds is 8. The molecule has 25 heavy (non-hydrogen) atoms. The number of ether oxygens (including phenoxy) is 2. The predicted molar refractivity (Wildman–Crippen MR) is 95.5 cm³/mol. The van der Waals surface area contributed by atoms with Crippen LogP contribution in [0.3, 0.4) is 0 Å². The normalized spacial score (nSPS) is 12.0. The molecule has 0 aromatic heterocycles. The van der Waals surface area contributed by atoms with Gasteiger partial charge in [0.05, 0.1) is 19.6 Å². The topological polar surface area (TPSA) is 76.0 Å². The first-order chi connectivity index (χ1) is 11.9. The average Bonchev–Trinajstić information content (AvgIpc) is 2.58. The molecule has 0 aliphatic carbocycles. The van der Waals surface area contributed by atoms with Crippen molar-refractivity contribution in [1.29, 1.82) is 0 Å². The van der Waals surface area contributed by atoms with Gasteiger partial charge in [-0.25, -0.2) is 0 Å². The van der Waals surface area contributed by atoms with Gasteiger partial charge in [0.15, 0.2) is 11.5 Å². The SMILES string of the molecule is COc1cc(CC(C(=O)O)c2ccc(O)cc2)ccc1OCC(C)C. The lowest BCUT2D eigenvalue weighted by atomic mass is 9.92. The van der Waals surface area contributed by atoms with Gasteiger partial charge in [0, 0.05) is 0 Å². The van der Waals surface area contributed by atoms with Crippen LogP contribution in [0.2, 0.25) is 0 Å². The molecule has 5 nitrogen and oxygen atoms in total.